The summed E-state index contributed by atoms with van der Waals surface area (Å²) in [5.74, 6) is 0.0424. The van der Waals surface area contributed by atoms with E-state index in [1.807, 2.05) is 72.1 Å². The monoisotopic (exact) mass is 446 g/mol. The molecule has 4 rings (SSSR count). The van der Waals surface area contributed by atoms with Gasteiger partial charge in [-0.25, -0.2) is 0 Å². The van der Waals surface area contributed by atoms with Gasteiger partial charge in [-0.1, -0.05) is 42.5 Å². The summed E-state index contributed by atoms with van der Waals surface area (Å²) in [6, 6.07) is 22.7. The van der Waals surface area contributed by atoms with Gasteiger partial charge in [0.05, 0.1) is 22.6 Å². The van der Waals surface area contributed by atoms with Crippen LogP contribution in [0, 0.1) is 0 Å². The first-order valence-corrected chi connectivity index (χ1v) is 10.6. The molecule has 2 aromatic heterocycles. The smallest absolute Gasteiger partial charge is 0.251 e. The molecule has 9 heteroatoms. The molecule has 0 unspecified atom stereocenters. The normalized spacial score (nSPS) is 10.3. The molecule has 0 saturated heterocycles. The predicted molar refractivity (Wildman–Crippen MR) is 130 cm³/mol. The Kier molecular flexibility index (Phi) is 6.16. The van der Waals surface area contributed by atoms with Gasteiger partial charge < -0.3 is 21.7 Å². The summed E-state index contributed by atoms with van der Waals surface area (Å²) < 4.78 is 0. The second-order valence-electron chi connectivity index (χ2n) is 6.45. The molecule has 0 spiro atoms. The fraction of sp³-hybridized carbons (Fsp3) is 0. The molecular formula is C22H18N6OS2. The number of primary amides is 1. The highest BCUT2D eigenvalue weighted by molar-refractivity contribution is 7.80. The quantitative estimate of drug-likeness (QED) is 0.314. The molecule has 2 aromatic carbocycles. The van der Waals surface area contributed by atoms with E-state index in [-0.39, 0.29) is 0 Å². The van der Waals surface area contributed by atoms with Gasteiger partial charge in [-0.2, -0.15) is 0 Å². The van der Waals surface area contributed by atoms with E-state index in [0.29, 0.717) is 21.5 Å². The predicted octanol–water partition coefficient (Wildman–Crippen LogP) is 4.86. The summed E-state index contributed by atoms with van der Waals surface area (Å²) in [5.41, 5.74) is 9.13. The van der Waals surface area contributed by atoms with Crippen molar-refractivity contribution in [1.82, 2.24) is 10.2 Å². The number of carbonyl (C=O) groups excluding carboxylic acids is 1. The fourth-order valence-electron chi connectivity index (χ4n) is 2.86. The van der Waals surface area contributed by atoms with Crippen molar-refractivity contribution in [2.45, 2.75) is 0 Å². The van der Waals surface area contributed by atoms with Crippen LogP contribution >= 0.6 is 23.6 Å². The van der Waals surface area contributed by atoms with Crippen LogP contribution in [0.2, 0.25) is 0 Å². The Labute approximate surface area is 188 Å². The van der Waals surface area contributed by atoms with Gasteiger partial charge in [0, 0.05) is 5.56 Å². The lowest BCUT2D eigenvalue weighted by Gasteiger charge is -2.15. The summed E-state index contributed by atoms with van der Waals surface area (Å²) in [7, 11) is 0. The molecule has 154 valence electrons. The molecule has 1 amide bonds. The van der Waals surface area contributed by atoms with E-state index in [1.165, 1.54) is 11.3 Å². The number of rotatable bonds is 6. The molecule has 0 atom stereocenters. The summed E-state index contributed by atoms with van der Waals surface area (Å²) in [5, 5.41) is 20.7. The summed E-state index contributed by atoms with van der Waals surface area (Å²) in [6.45, 7) is 0. The standard InChI is InChI=1S/C22H18N6OS2/c23-20(29)15-12-13-31-21(15)24-17-8-4-5-9-18(17)25-22(30)26-19-11-10-16(27-28-19)14-6-2-1-3-7-14/h1-13,24H,(H2,23,29)(H2,25,26,28,30). The van der Waals surface area contributed by atoms with Crippen molar-refractivity contribution in [3.63, 3.8) is 0 Å². The topological polar surface area (TPSA) is 105 Å². The summed E-state index contributed by atoms with van der Waals surface area (Å²) >= 11 is 6.83. The molecule has 31 heavy (non-hydrogen) atoms. The van der Waals surface area contributed by atoms with Crippen molar-refractivity contribution < 1.29 is 4.79 Å². The van der Waals surface area contributed by atoms with E-state index in [1.54, 1.807) is 6.07 Å². The molecule has 0 fully saturated rings. The van der Waals surface area contributed by atoms with Crippen molar-refractivity contribution in [1.29, 1.82) is 0 Å². The number of hydrogen-bond donors (Lipinski definition) is 4. The zero-order valence-electron chi connectivity index (χ0n) is 16.2. The van der Waals surface area contributed by atoms with Crippen LogP contribution in [0.1, 0.15) is 10.4 Å². The Morgan fingerprint density at radius 3 is 2.32 bits per heavy atom. The van der Waals surface area contributed by atoms with E-state index in [4.69, 9.17) is 18.0 Å². The fourth-order valence-corrected chi connectivity index (χ4v) is 3.87. The van der Waals surface area contributed by atoms with Gasteiger partial charge in [0.25, 0.3) is 5.91 Å². The molecule has 0 aliphatic rings. The number of thiocarbonyl (C=S) groups is 1. The van der Waals surface area contributed by atoms with Crippen molar-refractivity contribution in [2.24, 2.45) is 5.73 Å². The largest absolute Gasteiger partial charge is 0.366 e. The van der Waals surface area contributed by atoms with Gasteiger partial charge in [0.2, 0.25) is 0 Å². The van der Waals surface area contributed by atoms with Crippen LogP contribution in [0.15, 0.2) is 78.2 Å². The first-order chi connectivity index (χ1) is 15.1. The zero-order chi connectivity index (χ0) is 21.6. The number of hydrogen-bond acceptors (Lipinski definition) is 6. The Hall–Kier alpha value is -3.82. The van der Waals surface area contributed by atoms with Crippen LogP contribution in [0.25, 0.3) is 11.3 Å². The Bertz CT molecular complexity index is 1210. The van der Waals surface area contributed by atoms with E-state index >= 15 is 0 Å². The molecular weight excluding hydrogens is 428 g/mol. The molecule has 0 bridgehead atoms. The van der Waals surface area contributed by atoms with Gasteiger partial charge >= 0.3 is 0 Å². The number of carbonyl (C=O) groups is 1. The minimum absolute atomic E-state index is 0.359. The van der Waals surface area contributed by atoms with Crippen LogP contribution in [-0.2, 0) is 0 Å². The van der Waals surface area contributed by atoms with Crippen LogP contribution in [-0.4, -0.2) is 21.2 Å². The minimum Gasteiger partial charge on any atom is -0.366 e. The lowest BCUT2D eigenvalue weighted by atomic mass is 10.1. The third-order valence-corrected chi connectivity index (χ3v) is 5.36. The maximum atomic E-state index is 11.6. The van der Waals surface area contributed by atoms with Gasteiger partial charge in [-0.05, 0) is 47.9 Å². The number of nitrogens with one attached hydrogen (secondary N) is 3. The summed E-state index contributed by atoms with van der Waals surface area (Å²) in [4.78, 5) is 11.6. The molecule has 0 aliphatic carbocycles. The molecule has 0 aliphatic heterocycles. The third kappa shape index (κ3) is 5.03. The van der Waals surface area contributed by atoms with Crippen LogP contribution in [0.5, 0.6) is 0 Å². The average molecular weight is 447 g/mol. The number of nitrogens with zero attached hydrogens (tertiary/aromatic N) is 2. The third-order valence-electron chi connectivity index (χ3n) is 4.33. The van der Waals surface area contributed by atoms with Gasteiger partial charge in [0.15, 0.2) is 10.9 Å². The van der Waals surface area contributed by atoms with E-state index in [2.05, 4.69) is 26.1 Å². The van der Waals surface area contributed by atoms with E-state index in [0.717, 1.165) is 22.6 Å². The second-order valence-corrected chi connectivity index (χ2v) is 7.77. The average Bonchev–Trinajstić information content (AvgIpc) is 3.25. The SMILES string of the molecule is NC(=O)c1ccsc1Nc1ccccc1NC(=S)Nc1ccc(-c2ccccc2)nn1. The Morgan fingerprint density at radius 1 is 0.871 bits per heavy atom. The molecule has 4 aromatic rings. The number of benzene rings is 2. The van der Waals surface area contributed by atoms with Gasteiger partial charge in [-0.3, -0.25) is 4.79 Å². The Balaban J connectivity index is 1.44. The molecule has 0 saturated carbocycles. The van der Waals surface area contributed by atoms with Crippen LogP contribution in [0.3, 0.4) is 0 Å². The van der Waals surface area contributed by atoms with Gasteiger partial charge in [-0.15, -0.1) is 21.5 Å². The molecule has 5 N–H and O–H groups in total. The number of aromatic nitrogens is 2. The number of amides is 1. The van der Waals surface area contributed by atoms with Gasteiger partial charge in [0.1, 0.15) is 5.00 Å². The van der Waals surface area contributed by atoms with Crippen LogP contribution < -0.4 is 21.7 Å². The molecule has 2 heterocycles. The maximum absolute atomic E-state index is 11.6. The van der Waals surface area contributed by atoms with Crippen molar-refractivity contribution in [3.8, 4) is 11.3 Å². The Morgan fingerprint density at radius 2 is 1.61 bits per heavy atom. The minimum atomic E-state index is -0.482. The summed E-state index contributed by atoms with van der Waals surface area (Å²) in [6.07, 6.45) is 0. The van der Waals surface area contributed by atoms with Crippen molar-refractivity contribution in [2.75, 3.05) is 16.0 Å². The number of nitrogens with two attached hydrogens (primary N) is 1. The number of anilines is 4. The van der Waals surface area contributed by atoms with Crippen LogP contribution in [0.4, 0.5) is 22.2 Å². The molecule has 0 radical (unpaired) electrons. The molecule has 7 nitrogen and oxygen atoms in total. The maximum Gasteiger partial charge on any atom is 0.251 e. The highest BCUT2D eigenvalue weighted by Crippen LogP contribution is 2.31. The van der Waals surface area contributed by atoms with E-state index < -0.39 is 5.91 Å². The highest BCUT2D eigenvalue weighted by atomic mass is 32.1. The highest BCUT2D eigenvalue weighted by Gasteiger charge is 2.12. The first kappa shape index (κ1) is 20.5. The van der Waals surface area contributed by atoms with Crippen molar-refractivity contribution in [3.05, 3.63) is 83.7 Å². The lowest BCUT2D eigenvalue weighted by Crippen LogP contribution is -2.20. The second kappa shape index (κ2) is 9.33. The van der Waals surface area contributed by atoms with E-state index in [9.17, 15) is 4.79 Å². The lowest BCUT2D eigenvalue weighted by molar-refractivity contribution is 0.100. The van der Waals surface area contributed by atoms with Crippen molar-refractivity contribution >= 4 is 56.8 Å². The number of para-hydroxylation sites is 2. The number of thiophene rings is 1. The first-order valence-electron chi connectivity index (χ1n) is 9.30. The zero-order valence-corrected chi connectivity index (χ0v) is 17.8.